The van der Waals surface area contributed by atoms with E-state index in [-0.39, 0.29) is 5.78 Å². The average molecular weight is 290 g/mol. The maximum absolute atomic E-state index is 11.8. The molecule has 0 bridgehead atoms. The van der Waals surface area contributed by atoms with Crippen LogP contribution in [0.1, 0.15) is 24.2 Å². The van der Waals surface area contributed by atoms with Gasteiger partial charge in [-0.2, -0.15) is 0 Å². The van der Waals surface area contributed by atoms with Crippen LogP contribution in [0.5, 0.6) is 0 Å². The Labute approximate surface area is 121 Å². The lowest BCUT2D eigenvalue weighted by molar-refractivity contribution is -0.111. The molecule has 0 radical (unpaired) electrons. The Hall–Kier alpha value is -2.20. The molecule has 0 aromatic heterocycles. The molecule has 0 atom stereocenters. The minimum Gasteiger partial charge on any atom is -0.312 e. The topological polar surface area (TPSA) is 55.7 Å². The summed E-state index contributed by atoms with van der Waals surface area (Å²) in [6, 6.07) is 6.40. The molecule has 1 aliphatic rings. The Balaban J connectivity index is 2.16. The molecule has 20 heavy (non-hydrogen) atoms. The van der Waals surface area contributed by atoms with Gasteiger partial charge >= 0.3 is 5.97 Å². The molecular weight excluding hydrogens is 278 g/mol. The standard InChI is InChI=1S/C15H12ClNO3/c1-9-10(2)14(18)7-6-13(9)17-20-15(19)11-4-3-5-12(16)8-11/h3-8H,1-2H3. The predicted molar refractivity (Wildman–Crippen MR) is 76.8 cm³/mol. The number of hydrogen-bond acceptors (Lipinski definition) is 4. The van der Waals surface area contributed by atoms with Gasteiger partial charge in [0, 0.05) is 10.6 Å². The molecule has 1 aromatic rings. The SMILES string of the molecule is CC1=C(C)C(=NOC(=O)c2cccc(Cl)c2)C=CC1=O. The number of ketones is 1. The maximum Gasteiger partial charge on any atom is 0.365 e. The molecule has 0 spiro atoms. The second-order valence-corrected chi connectivity index (χ2v) is 4.75. The summed E-state index contributed by atoms with van der Waals surface area (Å²) in [5, 5.41) is 4.23. The van der Waals surface area contributed by atoms with E-state index in [0.29, 0.717) is 27.4 Å². The van der Waals surface area contributed by atoms with E-state index < -0.39 is 5.97 Å². The summed E-state index contributed by atoms with van der Waals surface area (Å²) in [6.07, 6.45) is 2.92. The van der Waals surface area contributed by atoms with E-state index in [1.54, 1.807) is 32.0 Å². The Bertz CT molecular complexity index is 671. The lowest BCUT2D eigenvalue weighted by atomic mass is 9.97. The number of carbonyl (C=O) groups is 2. The van der Waals surface area contributed by atoms with E-state index in [2.05, 4.69) is 5.16 Å². The van der Waals surface area contributed by atoms with Gasteiger partial charge in [-0.15, -0.1) is 0 Å². The van der Waals surface area contributed by atoms with Crippen LogP contribution < -0.4 is 0 Å². The van der Waals surface area contributed by atoms with Crippen LogP contribution in [0.4, 0.5) is 0 Å². The minimum absolute atomic E-state index is 0.0670. The molecule has 0 amide bonds. The van der Waals surface area contributed by atoms with E-state index in [1.807, 2.05) is 0 Å². The van der Waals surface area contributed by atoms with Crippen LogP contribution in [0.2, 0.25) is 5.02 Å². The monoisotopic (exact) mass is 289 g/mol. The number of rotatable bonds is 2. The number of allylic oxidation sites excluding steroid dienone is 4. The molecular formula is C15H12ClNO3. The smallest absolute Gasteiger partial charge is 0.312 e. The Morgan fingerprint density at radius 2 is 1.95 bits per heavy atom. The van der Waals surface area contributed by atoms with Gasteiger partial charge in [-0.25, -0.2) is 4.79 Å². The maximum atomic E-state index is 11.8. The highest BCUT2D eigenvalue weighted by Crippen LogP contribution is 2.15. The first kappa shape index (κ1) is 14.2. The van der Waals surface area contributed by atoms with Crippen molar-refractivity contribution >= 4 is 29.1 Å². The number of benzene rings is 1. The molecule has 2 rings (SSSR count). The number of nitrogens with zero attached hydrogens (tertiary/aromatic N) is 1. The largest absolute Gasteiger partial charge is 0.365 e. The summed E-state index contributed by atoms with van der Waals surface area (Å²) >= 11 is 5.80. The molecule has 4 nitrogen and oxygen atoms in total. The van der Waals surface area contributed by atoms with E-state index >= 15 is 0 Å². The number of oxime groups is 1. The quantitative estimate of drug-likeness (QED) is 0.477. The van der Waals surface area contributed by atoms with Gasteiger partial charge in [-0.3, -0.25) is 4.79 Å². The second kappa shape index (κ2) is 5.84. The molecule has 0 unspecified atom stereocenters. The van der Waals surface area contributed by atoms with Crippen LogP contribution in [0.3, 0.4) is 0 Å². The van der Waals surface area contributed by atoms with Gasteiger partial charge in [0.15, 0.2) is 5.78 Å². The fraction of sp³-hybridized carbons (Fsp3) is 0.133. The normalized spacial score (nSPS) is 16.8. The van der Waals surface area contributed by atoms with Crippen molar-refractivity contribution in [3.05, 3.63) is 58.1 Å². The lowest BCUT2D eigenvalue weighted by Crippen LogP contribution is -2.12. The van der Waals surface area contributed by atoms with Gasteiger partial charge in [0.2, 0.25) is 0 Å². The number of carbonyl (C=O) groups excluding carboxylic acids is 2. The van der Waals surface area contributed by atoms with Crippen molar-refractivity contribution in [2.75, 3.05) is 0 Å². The second-order valence-electron chi connectivity index (χ2n) is 4.31. The van der Waals surface area contributed by atoms with Gasteiger partial charge in [0.05, 0.1) is 5.56 Å². The zero-order chi connectivity index (χ0) is 14.7. The fourth-order valence-corrected chi connectivity index (χ4v) is 1.83. The highest BCUT2D eigenvalue weighted by Gasteiger charge is 2.15. The van der Waals surface area contributed by atoms with Gasteiger partial charge in [0.1, 0.15) is 5.71 Å². The van der Waals surface area contributed by atoms with Gasteiger partial charge in [0.25, 0.3) is 0 Å². The molecule has 0 saturated heterocycles. The van der Waals surface area contributed by atoms with Crippen LogP contribution in [0.15, 0.2) is 52.7 Å². The van der Waals surface area contributed by atoms with Crippen molar-refractivity contribution in [3.63, 3.8) is 0 Å². The van der Waals surface area contributed by atoms with E-state index in [9.17, 15) is 9.59 Å². The van der Waals surface area contributed by atoms with E-state index in [4.69, 9.17) is 16.4 Å². The molecule has 1 aliphatic carbocycles. The van der Waals surface area contributed by atoms with E-state index in [0.717, 1.165) is 0 Å². The van der Waals surface area contributed by atoms with Crippen molar-refractivity contribution in [3.8, 4) is 0 Å². The molecule has 5 heteroatoms. The highest BCUT2D eigenvalue weighted by atomic mass is 35.5. The van der Waals surface area contributed by atoms with Crippen molar-refractivity contribution < 1.29 is 14.4 Å². The van der Waals surface area contributed by atoms with Crippen LogP contribution in [0, 0.1) is 0 Å². The van der Waals surface area contributed by atoms with Crippen molar-refractivity contribution in [1.82, 2.24) is 0 Å². The predicted octanol–water partition coefficient (Wildman–Crippen LogP) is 3.33. The zero-order valence-electron chi connectivity index (χ0n) is 11.0. The highest BCUT2D eigenvalue weighted by molar-refractivity contribution is 6.30. The molecule has 0 fully saturated rings. The summed E-state index contributed by atoms with van der Waals surface area (Å²) in [4.78, 5) is 28.1. The minimum atomic E-state index is -0.601. The zero-order valence-corrected chi connectivity index (χ0v) is 11.8. The molecule has 0 N–H and O–H groups in total. The van der Waals surface area contributed by atoms with Gasteiger partial charge < -0.3 is 4.84 Å². The van der Waals surface area contributed by atoms with Crippen molar-refractivity contribution in [1.29, 1.82) is 0 Å². The Kier molecular flexibility index (Phi) is 4.15. The van der Waals surface area contributed by atoms with Crippen LogP contribution >= 0.6 is 11.6 Å². The third kappa shape index (κ3) is 3.03. The Morgan fingerprint density at radius 1 is 1.20 bits per heavy atom. The molecule has 1 aromatic carbocycles. The first-order valence-corrected chi connectivity index (χ1v) is 6.32. The molecule has 102 valence electrons. The number of hydrogen-bond donors (Lipinski definition) is 0. The lowest BCUT2D eigenvalue weighted by Gasteiger charge is -2.09. The summed E-state index contributed by atoms with van der Waals surface area (Å²) in [6.45, 7) is 3.46. The molecule has 0 heterocycles. The molecule has 0 aliphatic heterocycles. The van der Waals surface area contributed by atoms with Crippen molar-refractivity contribution in [2.24, 2.45) is 5.16 Å². The first-order chi connectivity index (χ1) is 9.49. The van der Waals surface area contributed by atoms with Crippen LogP contribution in [-0.2, 0) is 9.63 Å². The average Bonchev–Trinajstić information content (AvgIpc) is 2.44. The Morgan fingerprint density at radius 3 is 2.65 bits per heavy atom. The summed E-state index contributed by atoms with van der Waals surface area (Å²) in [7, 11) is 0. The first-order valence-electron chi connectivity index (χ1n) is 5.94. The van der Waals surface area contributed by atoms with Gasteiger partial charge in [-0.1, -0.05) is 22.8 Å². The van der Waals surface area contributed by atoms with Crippen LogP contribution in [0.25, 0.3) is 0 Å². The van der Waals surface area contributed by atoms with Gasteiger partial charge in [-0.05, 0) is 49.8 Å². The summed E-state index contributed by atoms with van der Waals surface area (Å²) in [5.41, 5.74) is 2.05. The van der Waals surface area contributed by atoms with E-state index in [1.165, 1.54) is 18.2 Å². The van der Waals surface area contributed by atoms with Crippen molar-refractivity contribution in [2.45, 2.75) is 13.8 Å². The fourth-order valence-electron chi connectivity index (χ4n) is 1.64. The molecule has 0 saturated carbocycles. The van der Waals surface area contributed by atoms with Crippen LogP contribution in [-0.4, -0.2) is 17.5 Å². The third-order valence-corrected chi connectivity index (χ3v) is 3.23. The number of halogens is 1. The summed E-state index contributed by atoms with van der Waals surface area (Å²) < 4.78 is 0. The summed E-state index contributed by atoms with van der Waals surface area (Å²) in [5.74, 6) is -0.668. The third-order valence-electron chi connectivity index (χ3n) is 3.00.